The molecule has 0 atom stereocenters. The van der Waals surface area contributed by atoms with Gasteiger partial charge in [0.25, 0.3) is 5.91 Å². The van der Waals surface area contributed by atoms with E-state index in [1.165, 1.54) is 42.3 Å². The second-order valence-corrected chi connectivity index (χ2v) is 9.44. The highest BCUT2D eigenvalue weighted by molar-refractivity contribution is 7.89. The maximum atomic E-state index is 13.5. The third-order valence-electron chi connectivity index (χ3n) is 5.01. The average molecular weight is 491 g/mol. The first-order valence-corrected chi connectivity index (χ1v) is 12.1. The number of benzene rings is 3. The summed E-state index contributed by atoms with van der Waals surface area (Å²) in [5.74, 6) is -0.650. The molecule has 0 radical (unpaired) electrons. The van der Waals surface area contributed by atoms with E-state index >= 15 is 0 Å². The van der Waals surface area contributed by atoms with Crippen LogP contribution in [0.15, 0.2) is 71.6 Å². The van der Waals surface area contributed by atoms with Crippen LogP contribution in [0.5, 0.6) is 5.75 Å². The molecule has 0 bridgehead atoms. The average Bonchev–Trinajstić information content (AvgIpc) is 2.81. The van der Waals surface area contributed by atoms with Gasteiger partial charge in [0, 0.05) is 30.2 Å². The van der Waals surface area contributed by atoms with Gasteiger partial charge in [0.1, 0.15) is 16.5 Å². The van der Waals surface area contributed by atoms with Crippen molar-refractivity contribution in [1.82, 2.24) is 9.62 Å². The van der Waals surface area contributed by atoms with Crippen LogP contribution in [0, 0.1) is 5.82 Å². The quantitative estimate of drug-likeness (QED) is 0.474. The van der Waals surface area contributed by atoms with Gasteiger partial charge in [-0.15, -0.1) is 0 Å². The molecule has 0 saturated carbocycles. The van der Waals surface area contributed by atoms with Crippen LogP contribution in [0.2, 0.25) is 5.02 Å². The molecular weight excluding hydrogens is 467 g/mol. The predicted octanol–water partition coefficient (Wildman–Crippen LogP) is 4.63. The summed E-state index contributed by atoms with van der Waals surface area (Å²) in [6.07, 6.45) is 0. The molecule has 3 rings (SSSR count). The Kier molecular flexibility index (Phi) is 8.07. The summed E-state index contributed by atoms with van der Waals surface area (Å²) >= 11 is 5.87. The molecule has 0 heterocycles. The molecule has 0 aromatic heterocycles. The van der Waals surface area contributed by atoms with Crippen molar-refractivity contribution in [2.45, 2.75) is 24.9 Å². The Balaban J connectivity index is 1.85. The molecule has 0 saturated heterocycles. The zero-order valence-corrected chi connectivity index (χ0v) is 19.8. The van der Waals surface area contributed by atoms with Crippen LogP contribution in [0.4, 0.5) is 4.39 Å². The van der Waals surface area contributed by atoms with E-state index in [1.54, 1.807) is 43.3 Å². The number of carbonyl (C=O) groups excluding carboxylic acids is 1. The van der Waals surface area contributed by atoms with Crippen molar-refractivity contribution in [3.8, 4) is 5.75 Å². The van der Waals surface area contributed by atoms with Gasteiger partial charge >= 0.3 is 0 Å². The monoisotopic (exact) mass is 490 g/mol. The SMILES string of the molecule is CCN(Cc1cccc(F)c1)C(=O)c1ccc(OC)c(S(=O)(=O)NCc2ccc(Cl)cc2)c1. The number of carbonyl (C=O) groups is 1. The number of hydrogen-bond acceptors (Lipinski definition) is 4. The Labute approximate surface area is 198 Å². The highest BCUT2D eigenvalue weighted by atomic mass is 35.5. The van der Waals surface area contributed by atoms with Crippen molar-refractivity contribution in [2.24, 2.45) is 0 Å². The fourth-order valence-corrected chi connectivity index (χ4v) is 4.58. The zero-order chi connectivity index (χ0) is 24.0. The molecule has 1 N–H and O–H groups in total. The maximum absolute atomic E-state index is 13.5. The number of ether oxygens (including phenoxy) is 1. The molecule has 0 aliphatic heterocycles. The van der Waals surface area contributed by atoms with Crippen molar-refractivity contribution < 1.29 is 22.3 Å². The van der Waals surface area contributed by atoms with Crippen LogP contribution >= 0.6 is 11.6 Å². The molecule has 0 unspecified atom stereocenters. The minimum Gasteiger partial charge on any atom is -0.495 e. The number of rotatable bonds is 9. The minimum atomic E-state index is -3.99. The van der Waals surface area contributed by atoms with E-state index in [0.29, 0.717) is 17.1 Å². The molecule has 0 spiro atoms. The van der Waals surface area contributed by atoms with Crippen LogP contribution in [0.1, 0.15) is 28.4 Å². The molecule has 9 heteroatoms. The van der Waals surface area contributed by atoms with E-state index in [4.69, 9.17) is 16.3 Å². The molecule has 3 aromatic rings. The van der Waals surface area contributed by atoms with Crippen molar-refractivity contribution in [1.29, 1.82) is 0 Å². The number of nitrogens with zero attached hydrogens (tertiary/aromatic N) is 1. The Morgan fingerprint density at radius 3 is 2.42 bits per heavy atom. The summed E-state index contributed by atoms with van der Waals surface area (Å²) in [6, 6.07) is 17.0. The molecule has 174 valence electrons. The molecular formula is C24H24ClFN2O4S. The van der Waals surface area contributed by atoms with E-state index in [2.05, 4.69) is 4.72 Å². The lowest BCUT2D eigenvalue weighted by Gasteiger charge is -2.22. The molecule has 0 aliphatic carbocycles. The fraction of sp³-hybridized carbons (Fsp3) is 0.208. The molecule has 33 heavy (non-hydrogen) atoms. The lowest BCUT2D eigenvalue weighted by atomic mass is 10.1. The van der Waals surface area contributed by atoms with E-state index in [0.717, 1.165) is 5.56 Å². The first kappa shape index (κ1) is 24.7. The summed E-state index contributed by atoms with van der Waals surface area (Å²) in [5.41, 5.74) is 1.54. The Bertz CT molecular complexity index is 1230. The molecule has 0 aliphatic rings. The topological polar surface area (TPSA) is 75.7 Å². The van der Waals surface area contributed by atoms with E-state index in [1.807, 2.05) is 0 Å². The third kappa shape index (κ3) is 6.31. The van der Waals surface area contributed by atoms with Gasteiger partial charge in [0.05, 0.1) is 7.11 Å². The highest BCUT2D eigenvalue weighted by Crippen LogP contribution is 2.26. The first-order valence-electron chi connectivity index (χ1n) is 10.2. The predicted molar refractivity (Wildman–Crippen MR) is 125 cm³/mol. The lowest BCUT2D eigenvalue weighted by molar-refractivity contribution is 0.0752. The van der Waals surface area contributed by atoms with Crippen LogP contribution in [-0.4, -0.2) is 32.9 Å². The molecule has 6 nitrogen and oxygen atoms in total. The second-order valence-electron chi connectivity index (χ2n) is 7.27. The van der Waals surface area contributed by atoms with Gasteiger partial charge in [-0.25, -0.2) is 17.5 Å². The van der Waals surface area contributed by atoms with Crippen LogP contribution < -0.4 is 9.46 Å². The largest absolute Gasteiger partial charge is 0.495 e. The van der Waals surface area contributed by atoms with Gasteiger partial charge in [0.2, 0.25) is 10.0 Å². The molecule has 3 aromatic carbocycles. The van der Waals surface area contributed by atoms with Gasteiger partial charge in [0.15, 0.2) is 0 Å². The van der Waals surface area contributed by atoms with Crippen molar-refractivity contribution in [3.63, 3.8) is 0 Å². The van der Waals surface area contributed by atoms with Crippen LogP contribution in [-0.2, 0) is 23.1 Å². The number of hydrogen-bond donors (Lipinski definition) is 1. The molecule has 0 fully saturated rings. The van der Waals surface area contributed by atoms with E-state index in [-0.39, 0.29) is 41.0 Å². The van der Waals surface area contributed by atoms with Gasteiger partial charge in [-0.05, 0) is 60.5 Å². The standard InChI is InChI=1S/C24H24ClFN2O4S/c1-3-28(16-18-5-4-6-21(26)13-18)24(29)19-9-12-22(32-2)23(14-19)33(30,31)27-15-17-7-10-20(25)11-8-17/h4-14,27H,3,15-16H2,1-2H3. The smallest absolute Gasteiger partial charge is 0.254 e. The fourth-order valence-electron chi connectivity index (χ4n) is 3.24. The maximum Gasteiger partial charge on any atom is 0.254 e. The Morgan fingerprint density at radius 1 is 1.06 bits per heavy atom. The molecule has 1 amide bonds. The summed E-state index contributed by atoms with van der Waals surface area (Å²) in [5, 5.41) is 0.549. The summed E-state index contributed by atoms with van der Waals surface area (Å²) in [6.45, 7) is 2.39. The zero-order valence-electron chi connectivity index (χ0n) is 18.2. The highest BCUT2D eigenvalue weighted by Gasteiger charge is 2.23. The Morgan fingerprint density at radius 2 is 1.79 bits per heavy atom. The third-order valence-corrected chi connectivity index (χ3v) is 6.69. The minimum absolute atomic E-state index is 0.0431. The van der Waals surface area contributed by atoms with E-state index < -0.39 is 10.0 Å². The Hall–Kier alpha value is -2.94. The number of methoxy groups -OCH3 is 1. The number of amides is 1. The second kappa shape index (κ2) is 10.8. The normalized spacial score (nSPS) is 11.3. The summed E-state index contributed by atoms with van der Waals surface area (Å²) in [7, 11) is -2.63. The van der Waals surface area contributed by atoms with Gasteiger partial charge < -0.3 is 9.64 Å². The van der Waals surface area contributed by atoms with Crippen molar-refractivity contribution in [2.75, 3.05) is 13.7 Å². The number of nitrogens with one attached hydrogen (secondary N) is 1. The van der Waals surface area contributed by atoms with E-state index in [9.17, 15) is 17.6 Å². The lowest BCUT2D eigenvalue weighted by Crippen LogP contribution is -2.31. The summed E-state index contributed by atoms with van der Waals surface area (Å²) < 4.78 is 47.3. The van der Waals surface area contributed by atoms with Crippen LogP contribution in [0.3, 0.4) is 0 Å². The summed E-state index contributed by atoms with van der Waals surface area (Å²) in [4.78, 5) is 14.5. The number of sulfonamides is 1. The van der Waals surface area contributed by atoms with Crippen molar-refractivity contribution >= 4 is 27.5 Å². The number of halogens is 2. The first-order chi connectivity index (χ1) is 15.7. The van der Waals surface area contributed by atoms with Gasteiger partial charge in [-0.3, -0.25) is 4.79 Å². The van der Waals surface area contributed by atoms with Gasteiger partial charge in [-0.2, -0.15) is 0 Å². The van der Waals surface area contributed by atoms with Gasteiger partial charge in [-0.1, -0.05) is 35.9 Å². The van der Waals surface area contributed by atoms with Crippen LogP contribution in [0.25, 0.3) is 0 Å². The van der Waals surface area contributed by atoms with Crippen molar-refractivity contribution in [3.05, 3.63) is 94.3 Å².